The molecule has 0 bridgehead atoms. The lowest BCUT2D eigenvalue weighted by molar-refractivity contribution is 0.0962. The van der Waals surface area contributed by atoms with Crippen molar-refractivity contribution in [1.82, 2.24) is 9.97 Å². The highest BCUT2D eigenvalue weighted by Gasteiger charge is 2.30. The Kier molecular flexibility index (Phi) is 4.36. The number of carbonyl (C=O) groups is 1. The van der Waals surface area contributed by atoms with Crippen LogP contribution in [0.15, 0.2) is 54.7 Å². The monoisotopic (exact) mass is 389 g/mol. The van der Waals surface area contributed by atoms with E-state index in [1.165, 1.54) is 11.1 Å². The number of carbonyl (C=O) groups excluding carboxylic acids is 1. The number of Topliss-reactive ketones (excluding diaryl/α,β-unsaturated/α-hetero) is 1. The van der Waals surface area contributed by atoms with E-state index >= 15 is 0 Å². The van der Waals surface area contributed by atoms with Crippen LogP contribution in [0.4, 0.5) is 5.95 Å². The smallest absolute Gasteiger partial charge is 0.225 e. The van der Waals surface area contributed by atoms with Crippen molar-refractivity contribution in [2.24, 2.45) is 0 Å². The van der Waals surface area contributed by atoms with Gasteiger partial charge in [-0.15, -0.1) is 0 Å². The van der Waals surface area contributed by atoms with Gasteiger partial charge in [0.15, 0.2) is 5.78 Å². The number of hydrogen-bond donors (Lipinski definition) is 0. The summed E-state index contributed by atoms with van der Waals surface area (Å²) in [5.74, 6) is 0.876. The van der Waals surface area contributed by atoms with E-state index in [1.807, 2.05) is 24.3 Å². The van der Waals surface area contributed by atoms with Crippen molar-refractivity contribution in [2.45, 2.75) is 31.7 Å². The molecule has 5 rings (SSSR count). The quantitative estimate of drug-likeness (QED) is 0.642. The molecule has 0 saturated carbocycles. The molecule has 0 radical (unpaired) electrons. The number of anilines is 1. The third-order valence-electron chi connectivity index (χ3n) is 5.79. The molecule has 0 saturated heterocycles. The van der Waals surface area contributed by atoms with Crippen molar-refractivity contribution in [2.75, 3.05) is 11.4 Å². The van der Waals surface area contributed by atoms with Crippen molar-refractivity contribution in [3.63, 3.8) is 0 Å². The maximum absolute atomic E-state index is 12.7. The van der Waals surface area contributed by atoms with Gasteiger partial charge in [0.2, 0.25) is 5.95 Å². The van der Waals surface area contributed by atoms with Gasteiger partial charge in [-0.25, -0.2) is 9.97 Å². The van der Waals surface area contributed by atoms with E-state index in [2.05, 4.69) is 34.1 Å². The zero-order chi connectivity index (χ0) is 19.1. The number of benzene rings is 2. The molecule has 2 heterocycles. The number of ketones is 1. The number of halogens is 1. The van der Waals surface area contributed by atoms with Crippen LogP contribution in [0.2, 0.25) is 5.02 Å². The van der Waals surface area contributed by atoms with Crippen molar-refractivity contribution in [3.05, 3.63) is 87.7 Å². The predicted octanol–water partition coefficient (Wildman–Crippen LogP) is 4.61. The number of rotatable bonds is 2. The molecule has 1 aliphatic heterocycles. The van der Waals surface area contributed by atoms with Crippen molar-refractivity contribution in [1.29, 1.82) is 0 Å². The molecule has 5 heteroatoms. The Morgan fingerprint density at radius 1 is 1.00 bits per heavy atom. The summed E-state index contributed by atoms with van der Waals surface area (Å²) >= 11 is 6.38. The summed E-state index contributed by atoms with van der Waals surface area (Å²) in [6.07, 6.45) is 3.86. The summed E-state index contributed by atoms with van der Waals surface area (Å²) in [7, 11) is 0. The van der Waals surface area contributed by atoms with Crippen LogP contribution >= 0.6 is 11.6 Å². The lowest BCUT2D eigenvalue weighted by Gasteiger charge is -2.30. The van der Waals surface area contributed by atoms with Gasteiger partial charge in [0.1, 0.15) is 0 Å². The minimum Gasteiger partial charge on any atom is -0.336 e. The number of nitrogens with zero attached hydrogens (tertiary/aromatic N) is 3. The van der Waals surface area contributed by atoms with Gasteiger partial charge in [-0.1, -0.05) is 54.1 Å². The highest BCUT2D eigenvalue weighted by Crippen LogP contribution is 2.35. The summed E-state index contributed by atoms with van der Waals surface area (Å²) in [5.41, 5.74) is 5.23. The highest BCUT2D eigenvalue weighted by molar-refractivity contribution is 6.31. The first-order chi connectivity index (χ1) is 13.7. The molecule has 2 aliphatic rings. The molecule has 1 atom stereocenters. The molecular weight excluding hydrogens is 370 g/mol. The first-order valence-electron chi connectivity index (χ1n) is 9.64. The Morgan fingerprint density at radius 2 is 1.79 bits per heavy atom. The highest BCUT2D eigenvalue weighted by atomic mass is 35.5. The van der Waals surface area contributed by atoms with Gasteiger partial charge in [0.25, 0.3) is 0 Å². The topological polar surface area (TPSA) is 46.1 Å². The standard InChI is InChI=1S/C23H20ClN3O/c24-20-8-4-3-7-18(20)17-11-21-19(22(28)12-17)13-25-23(26-21)27-10-9-15-5-1-2-6-16(15)14-27/h1-8,13,17H,9-12,14H2/t17-/m1/s1. The molecular formula is C23H20ClN3O. The SMILES string of the molecule is O=C1C[C@H](c2ccccc2Cl)Cc2nc(N3CCc4ccccc4C3)ncc21. The lowest BCUT2D eigenvalue weighted by atomic mass is 9.82. The Bertz CT molecular complexity index is 1070. The number of fused-ring (bicyclic) bond motifs is 2. The molecule has 140 valence electrons. The van der Waals surface area contributed by atoms with Gasteiger partial charge < -0.3 is 4.90 Å². The molecule has 1 aliphatic carbocycles. The van der Waals surface area contributed by atoms with Gasteiger partial charge in [0.05, 0.1) is 11.3 Å². The van der Waals surface area contributed by atoms with E-state index in [0.717, 1.165) is 30.8 Å². The summed E-state index contributed by atoms with van der Waals surface area (Å²) in [6.45, 7) is 1.69. The van der Waals surface area contributed by atoms with Crippen LogP contribution < -0.4 is 4.90 Å². The molecule has 1 aromatic heterocycles. The number of aromatic nitrogens is 2. The molecule has 0 unspecified atom stereocenters. The van der Waals surface area contributed by atoms with Gasteiger partial charge in [-0.3, -0.25) is 4.79 Å². The molecule has 0 spiro atoms. The second kappa shape index (κ2) is 7.02. The molecule has 28 heavy (non-hydrogen) atoms. The van der Waals surface area contributed by atoms with E-state index < -0.39 is 0 Å². The molecule has 3 aromatic rings. The van der Waals surface area contributed by atoms with Crippen LogP contribution in [0.1, 0.15) is 45.1 Å². The van der Waals surface area contributed by atoms with Crippen molar-refractivity contribution < 1.29 is 4.79 Å². The average Bonchev–Trinajstić information content (AvgIpc) is 2.73. The van der Waals surface area contributed by atoms with Gasteiger partial charge >= 0.3 is 0 Å². The fraction of sp³-hybridized carbons (Fsp3) is 0.261. The first kappa shape index (κ1) is 17.4. The molecule has 4 nitrogen and oxygen atoms in total. The second-order valence-electron chi connectivity index (χ2n) is 7.52. The zero-order valence-corrected chi connectivity index (χ0v) is 16.2. The molecule has 0 amide bonds. The van der Waals surface area contributed by atoms with Crippen LogP contribution in [-0.2, 0) is 19.4 Å². The predicted molar refractivity (Wildman–Crippen MR) is 110 cm³/mol. The summed E-state index contributed by atoms with van der Waals surface area (Å²) < 4.78 is 0. The van der Waals surface area contributed by atoms with E-state index in [4.69, 9.17) is 16.6 Å². The summed E-state index contributed by atoms with van der Waals surface area (Å²) in [5, 5.41) is 0.714. The minimum atomic E-state index is 0.0681. The van der Waals surface area contributed by atoms with Gasteiger partial charge in [0, 0.05) is 30.7 Å². The zero-order valence-electron chi connectivity index (χ0n) is 15.4. The van der Waals surface area contributed by atoms with E-state index in [-0.39, 0.29) is 11.7 Å². The second-order valence-corrected chi connectivity index (χ2v) is 7.93. The first-order valence-corrected chi connectivity index (χ1v) is 10.0. The average molecular weight is 390 g/mol. The molecule has 0 N–H and O–H groups in total. The fourth-order valence-electron chi connectivity index (χ4n) is 4.28. The Labute approximate surface area is 169 Å². The van der Waals surface area contributed by atoms with Crippen LogP contribution in [0, 0.1) is 0 Å². The Hall–Kier alpha value is -2.72. The van der Waals surface area contributed by atoms with Crippen LogP contribution in [0.3, 0.4) is 0 Å². The van der Waals surface area contributed by atoms with Crippen LogP contribution in [0.25, 0.3) is 0 Å². The van der Waals surface area contributed by atoms with E-state index in [1.54, 1.807) is 6.20 Å². The van der Waals surface area contributed by atoms with Gasteiger partial charge in [-0.05, 0) is 41.5 Å². The summed E-state index contributed by atoms with van der Waals surface area (Å²) in [4.78, 5) is 24.2. The lowest BCUT2D eigenvalue weighted by Crippen LogP contribution is -2.32. The minimum absolute atomic E-state index is 0.0681. The maximum atomic E-state index is 12.7. The molecule has 0 fully saturated rings. The Balaban J connectivity index is 1.45. The van der Waals surface area contributed by atoms with E-state index in [0.29, 0.717) is 29.4 Å². The van der Waals surface area contributed by atoms with Crippen molar-refractivity contribution >= 4 is 23.3 Å². The largest absolute Gasteiger partial charge is 0.336 e. The normalized spacial score (nSPS) is 18.5. The van der Waals surface area contributed by atoms with Crippen LogP contribution in [-0.4, -0.2) is 22.3 Å². The fourth-order valence-corrected chi connectivity index (χ4v) is 4.57. The van der Waals surface area contributed by atoms with Crippen LogP contribution in [0.5, 0.6) is 0 Å². The maximum Gasteiger partial charge on any atom is 0.225 e. The van der Waals surface area contributed by atoms with Crippen molar-refractivity contribution in [3.8, 4) is 0 Å². The van der Waals surface area contributed by atoms with Gasteiger partial charge in [-0.2, -0.15) is 0 Å². The summed E-state index contributed by atoms with van der Waals surface area (Å²) in [6, 6.07) is 16.3. The van der Waals surface area contributed by atoms with E-state index in [9.17, 15) is 4.79 Å². The third kappa shape index (κ3) is 3.08. The third-order valence-corrected chi connectivity index (χ3v) is 6.13. The molecule has 2 aromatic carbocycles. The number of hydrogen-bond acceptors (Lipinski definition) is 4. The Morgan fingerprint density at radius 3 is 2.64 bits per heavy atom.